The normalized spacial score (nSPS) is 10.2. The van der Waals surface area contributed by atoms with Crippen molar-refractivity contribution in [3.05, 3.63) is 59.4 Å². The zero-order valence-corrected chi connectivity index (χ0v) is 12.6. The molecule has 0 spiro atoms. The second kappa shape index (κ2) is 7.40. The van der Waals surface area contributed by atoms with E-state index in [0.717, 1.165) is 11.1 Å². The highest BCUT2D eigenvalue weighted by Crippen LogP contribution is 2.15. The van der Waals surface area contributed by atoms with E-state index in [1.807, 2.05) is 0 Å². The monoisotopic (exact) mass is 316 g/mol. The SMILES string of the molecule is Cc1ccc(F)c(NC(=O)C(=O)NCCc2cccc(O)c2)c1. The molecule has 0 saturated carbocycles. The minimum absolute atomic E-state index is 0.0295. The van der Waals surface area contributed by atoms with Gasteiger partial charge in [-0.2, -0.15) is 0 Å². The summed E-state index contributed by atoms with van der Waals surface area (Å²) in [6.07, 6.45) is 0.465. The Labute approximate surface area is 133 Å². The van der Waals surface area contributed by atoms with Crippen LogP contribution in [0.3, 0.4) is 0 Å². The fourth-order valence-electron chi connectivity index (χ4n) is 2.03. The van der Waals surface area contributed by atoms with Crippen LogP contribution in [0.2, 0.25) is 0 Å². The molecule has 0 atom stereocenters. The molecule has 0 fully saturated rings. The molecule has 0 unspecified atom stereocenters. The Bertz CT molecular complexity index is 732. The van der Waals surface area contributed by atoms with Crippen LogP contribution in [0.15, 0.2) is 42.5 Å². The van der Waals surface area contributed by atoms with E-state index in [0.29, 0.717) is 6.42 Å². The number of benzene rings is 2. The number of phenols is 1. The molecule has 0 aliphatic heterocycles. The number of aryl methyl sites for hydroxylation is 1. The number of aromatic hydroxyl groups is 1. The van der Waals surface area contributed by atoms with Gasteiger partial charge in [0.25, 0.3) is 0 Å². The second-order valence-electron chi connectivity index (χ2n) is 5.11. The first-order valence-corrected chi connectivity index (χ1v) is 7.09. The van der Waals surface area contributed by atoms with Crippen LogP contribution in [0.4, 0.5) is 10.1 Å². The van der Waals surface area contributed by atoms with Crippen LogP contribution in [0.1, 0.15) is 11.1 Å². The molecule has 2 amide bonds. The highest BCUT2D eigenvalue weighted by molar-refractivity contribution is 6.39. The first kappa shape index (κ1) is 16.5. The number of amides is 2. The number of nitrogens with one attached hydrogen (secondary N) is 2. The predicted octanol–water partition coefficient (Wildman–Crippen LogP) is 2.14. The Morgan fingerprint density at radius 1 is 1.13 bits per heavy atom. The summed E-state index contributed by atoms with van der Waals surface area (Å²) in [6, 6.07) is 10.9. The van der Waals surface area contributed by atoms with Gasteiger partial charge in [0.2, 0.25) is 0 Å². The van der Waals surface area contributed by atoms with Crippen LogP contribution < -0.4 is 10.6 Å². The van der Waals surface area contributed by atoms with Gasteiger partial charge in [-0.05, 0) is 48.7 Å². The molecule has 0 aromatic heterocycles. The molecule has 6 heteroatoms. The molecular weight excluding hydrogens is 299 g/mol. The third-order valence-corrected chi connectivity index (χ3v) is 3.19. The minimum Gasteiger partial charge on any atom is -0.508 e. The van der Waals surface area contributed by atoms with E-state index < -0.39 is 17.6 Å². The standard InChI is InChI=1S/C17H17FN2O3/c1-11-5-6-14(18)15(9-11)20-17(23)16(22)19-8-7-12-3-2-4-13(21)10-12/h2-6,9-10,21H,7-8H2,1H3,(H,19,22)(H,20,23). The lowest BCUT2D eigenvalue weighted by molar-refractivity contribution is -0.136. The summed E-state index contributed by atoms with van der Waals surface area (Å²) in [6.45, 7) is 1.98. The van der Waals surface area contributed by atoms with Crippen molar-refractivity contribution in [1.29, 1.82) is 0 Å². The topological polar surface area (TPSA) is 78.4 Å². The largest absolute Gasteiger partial charge is 0.508 e. The molecule has 0 aliphatic carbocycles. The van der Waals surface area contributed by atoms with Crippen molar-refractivity contribution < 1.29 is 19.1 Å². The van der Waals surface area contributed by atoms with Gasteiger partial charge in [-0.3, -0.25) is 9.59 Å². The second-order valence-corrected chi connectivity index (χ2v) is 5.11. The highest BCUT2D eigenvalue weighted by Gasteiger charge is 2.15. The van der Waals surface area contributed by atoms with Crippen LogP contribution in [-0.4, -0.2) is 23.5 Å². The van der Waals surface area contributed by atoms with Gasteiger partial charge in [0.1, 0.15) is 11.6 Å². The van der Waals surface area contributed by atoms with E-state index in [4.69, 9.17) is 0 Å². The Kier molecular flexibility index (Phi) is 5.30. The smallest absolute Gasteiger partial charge is 0.313 e. The van der Waals surface area contributed by atoms with Gasteiger partial charge in [0, 0.05) is 6.54 Å². The zero-order valence-electron chi connectivity index (χ0n) is 12.6. The van der Waals surface area contributed by atoms with Gasteiger partial charge in [0.15, 0.2) is 0 Å². The lowest BCUT2D eigenvalue weighted by Gasteiger charge is -2.08. The van der Waals surface area contributed by atoms with E-state index in [2.05, 4.69) is 10.6 Å². The van der Waals surface area contributed by atoms with Crippen LogP contribution >= 0.6 is 0 Å². The number of rotatable bonds is 4. The Balaban J connectivity index is 1.85. The fourth-order valence-corrected chi connectivity index (χ4v) is 2.03. The van der Waals surface area contributed by atoms with E-state index in [9.17, 15) is 19.1 Å². The maximum atomic E-state index is 13.5. The van der Waals surface area contributed by atoms with Crippen molar-refractivity contribution in [2.45, 2.75) is 13.3 Å². The van der Waals surface area contributed by atoms with Crippen molar-refractivity contribution in [2.75, 3.05) is 11.9 Å². The quantitative estimate of drug-likeness (QED) is 0.756. The van der Waals surface area contributed by atoms with Gasteiger partial charge >= 0.3 is 11.8 Å². The summed E-state index contributed by atoms with van der Waals surface area (Å²) in [7, 11) is 0. The van der Waals surface area contributed by atoms with Crippen LogP contribution in [0.5, 0.6) is 5.75 Å². The van der Waals surface area contributed by atoms with Gasteiger partial charge in [-0.15, -0.1) is 0 Å². The lowest BCUT2D eigenvalue weighted by Crippen LogP contribution is -2.36. The molecule has 0 aliphatic rings. The van der Waals surface area contributed by atoms with Crippen molar-refractivity contribution in [1.82, 2.24) is 5.32 Å². The first-order chi connectivity index (χ1) is 11.0. The average Bonchev–Trinajstić information content (AvgIpc) is 2.51. The summed E-state index contributed by atoms with van der Waals surface area (Å²) >= 11 is 0. The molecule has 120 valence electrons. The summed E-state index contributed by atoms with van der Waals surface area (Å²) in [4.78, 5) is 23.4. The molecule has 2 aromatic rings. The highest BCUT2D eigenvalue weighted by atomic mass is 19.1. The Morgan fingerprint density at radius 2 is 1.91 bits per heavy atom. The third kappa shape index (κ3) is 4.81. The van der Waals surface area contributed by atoms with Crippen LogP contribution in [0.25, 0.3) is 0 Å². The van der Waals surface area contributed by atoms with E-state index in [-0.39, 0.29) is 18.0 Å². The average molecular weight is 316 g/mol. The van der Waals surface area contributed by atoms with Crippen LogP contribution in [0, 0.1) is 12.7 Å². The number of carbonyl (C=O) groups is 2. The predicted molar refractivity (Wildman–Crippen MR) is 84.6 cm³/mol. The molecule has 0 saturated heterocycles. The Morgan fingerprint density at radius 3 is 2.65 bits per heavy atom. The molecule has 5 nitrogen and oxygen atoms in total. The van der Waals surface area contributed by atoms with Crippen molar-refractivity contribution >= 4 is 17.5 Å². The molecule has 2 aromatic carbocycles. The van der Waals surface area contributed by atoms with Gasteiger partial charge in [-0.25, -0.2) is 4.39 Å². The summed E-state index contributed by atoms with van der Waals surface area (Å²) in [5.41, 5.74) is 1.57. The van der Waals surface area contributed by atoms with E-state index >= 15 is 0 Å². The first-order valence-electron chi connectivity index (χ1n) is 7.09. The fraction of sp³-hybridized carbons (Fsp3) is 0.176. The maximum absolute atomic E-state index is 13.5. The number of carbonyl (C=O) groups excluding carboxylic acids is 2. The van der Waals surface area contributed by atoms with Crippen molar-refractivity contribution in [3.8, 4) is 5.75 Å². The maximum Gasteiger partial charge on any atom is 0.313 e. The molecule has 2 rings (SSSR count). The molecule has 0 heterocycles. The van der Waals surface area contributed by atoms with E-state index in [1.54, 1.807) is 37.3 Å². The van der Waals surface area contributed by atoms with E-state index in [1.165, 1.54) is 12.1 Å². The lowest BCUT2D eigenvalue weighted by atomic mass is 10.1. The van der Waals surface area contributed by atoms with Gasteiger partial charge < -0.3 is 15.7 Å². The van der Waals surface area contributed by atoms with Crippen LogP contribution in [-0.2, 0) is 16.0 Å². The molecule has 3 N–H and O–H groups in total. The summed E-state index contributed by atoms with van der Waals surface area (Å²) < 4.78 is 13.5. The number of hydrogen-bond donors (Lipinski definition) is 3. The Hall–Kier alpha value is -2.89. The van der Waals surface area contributed by atoms with Crippen molar-refractivity contribution in [2.24, 2.45) is 0 Å². The molecule has 0 radical (unpaired) electrons. The number of phenolic OH excluding ortho intramolecular Hbond substituents is 1. The summed E-state index contributed by atoms with van der Waals surface area (Å²) in [5.74, 6) is -2.23. The minimum atomic E-state index is -0.926. The molecule has 0 bridgehead atoms. The molecular formula is C17H17FN2O3. The number of hydrogen-bond acceptors (Lipinski definition) is 3. The van der Waals surface area contributed by atoms with Gasteiger partial charge in [0.05, 0.1) is 5.69 Å². The molecule has 23 heavy (non-hydrogen) atoms. The number of anilines is 1. The zero-order chi connectivity index (χ0) is 16.8. The van der Waals surface area contributed by atoms with Gasteiger partial charge in [-0.1, -0.05) is 18.2 Å². The summed E-state index contributed by atoms with van der Waals surface area (Å²) in [5, 5.41) is 14.0. The number of halogens is 1. The third-order valence-electron chi connectivity index (χ3n) is 3.19. The van der Waals surface area contributed by atoms with Crippen molar-refractivity contribution in [3.63, 3.8) is 0 Å².